The van der Waals surface area contributed by atoms with Crippen LogP contribution in [0.2, 0.25) is 0 Å². The Kier molecular flexibility index (Phi) is 6.09. The van der Waals surface area contributed by atoms with Gasteiger partial charge in [0.05, 0.1) is 23.8 Å². The number of amides is 2. The minimum absolute atomic E-state index is 0.00644. The standard InChI is InChI=1S/C28H21N3O6S/c1-35-23-13-17(11-12-22(23)36-25(32)15-24-26(33)29-28(34)38-24)27-31-20(18-9-5-6-10-21(18)37-27)14-19(30-31)16-7-3-2-4-8-16/h2-13,15,20,27H,14H2,1H3,(H,29,33,34)/b24-15-/t20-,27-/m1/s1. The molecule has 0 saturated carbocycles. The Morgan fingerprint density at radius 1 is 1.08 bits per heavy atom. The number of hydrogen-bond donors (Lipinski definition) is 1. The zero-order valence-corrected chi connectivity index (χ0v) is 20.9. The van der Waals surface area contributed by atoms with Gasteiger partial charge in [0.2, 0.25) is 6.23 Å². The van der Waals surface area contributed by atoms with Gasteiger partial charge in [0, 0.05) is 23.6 Å². The van der Waals surface area contributed by atoms with Gasteiger partial charge in [0.25, 0.3) is 11.1 Å². The number of carbonyl (C=O) groups is 3. The highest BCUT2D eigenvalue weighted by atomic mass is 32.2. The van der Waals surface area contributed by atoms with Gasteiger partial charge in [-0.2, -0.15) is 5.10 Å². The van der Waals surface area contributed by atoms with Crippen molar-refractivity contribution in [3.05, 3.63) is 100 Å². The summed E-state index contributed by atoms with van der Waals surface area (Å²) >= 11 is 0.640. The summed E-state index contributed by atoms with van der Waals surface area (Å²) in [5.41, 5.74) is 3.85. The minimum Gasteiger partial charge on any atom is -0.493 e. The van der Waals surface area contributed by atoms with Gasteiger partial charge in [0.15, 0.2) is 11.5 Å². The van der Waals surface area contributed by atoms with Crippen molar-refractivity contribution in [1.82, 2.24) is 10.3 Å². The normalized spacial score (nSPS) is 20.8. The molecule has 0 unspecified atom stereocenters. The van der Waals surface area contributed by atoms with E-state index in [4.69, 9.17) is 19.3 Å². The van der Waals surface area contributed by atoms with Crippen LogP contribution in [0.15, 0.2) is 88.9 Å². The Morgan fingerprint density at radius 2 is 1.87 bits per heavy atom. The number of nitrogens with one attached hydrogen (secondary N) is 1. The van der Waals surface area contributed by atoms with E-state index in [0.717, 1.165) is 40.6 Å². The molecule has 3 heterocycles. The number of hydrazone groups is 1. The van der Waals surface area contributed by atoms with Crippen molar-refractivity contribution in [2.24, 2.45) is 5.10 Å². The maximum Gasteiger partial charge on any atom is 0.337 e. The van der Waals surface area contributed by atoms with Gasteiger partial charge in [-0.3, -0.25) is 14.9 Å². The average molecular weight is 528 g/mol. The largest absolute Gasteiger partial charge is 0.493 e. The van der Waals surface area contributed by atoms with E-state index in [1.165, 1.54) is 7.11 Å². The van der Waals surface area contributed by atoms with Crippen molar-refractivity contribution < 1.29 is 28.6 Å². The first-order chi connectivity index (χ1) is 18.5. The van der Waals surface area contributed by atoms with Gasteiger partial charge in [-0.05, 0) is 41.6 Å². The fourth-order valence-corrected chi connectivity index (χ4v) is 5.29. The molecule has 3 aromatic carbocycles. The monoisotopic (exact) mass is 527 g/mol. The molecule has 1 fully saturated rings. The van der Waals surface area contributed by atoms with E-state index in [0.29, 0.717) is 17.5 Å². The highest BCUT2D eigenvalue weighted by Crippen LogP contribution is 2.48. The smallest absolute Gasteiger partial charge is 0.337 e. The van der Waals surface area contributed by atoms with E-state index in [1.807, 2.05) is 53.5 Å². The van der Waals surface area contributed by atoms with E-state index >= 15 is 0 Å². The number of methoxy groups -OCH3 is 1. The van der Waals surface area contributed by atoms with Crippen molar-refractivity contribution in [3.8, 4) is 17.2 Å². The van der Waals surface area contributed by atoms with Gasteiger partial charge >= 0.3 is 5.97 Å². The summed E-state index contributed by atoms with van der Waals surface area (Å²) < 4.78 is 17.3. The van der Waals surface area contributed by atoms with Gasteiger partial charge in [0.1, 0.15) is 5.75 Å². The lowest BCUT2D eigenvalue weighted by Crippen LogP contribution is -2.33. The molecule has 0 aliphatic carbocycles. The van der Waals surface area contributed by atoms with Crippen LogP contribution in [-0.2, 0) is 9.59 Å². The molecule has 190 valence electrons. The maximum absolute atomic E-state index is 12.4. The zero-order valence-electron chi connectivity index (χ0n) is 20.1. The predicted octanol–water partition coefficient (Wildman–Crippen LogP) is 4.71. The predicted molar refractivity (Wildman–Crippen MR) is 140 cm³/mol. The molecule has 3 aromatic rings. The van der Waals surface area contributed by atoms with Crippen molar-refractivity contribution in [1.29, 1.82) is 0 Å². The first-order valence-corrected chi connectivity index (χ1v) is 12.6. The molecular weight excluding hydrogens is 506 g/mol. The number of para-hydroxylation sites is 1. The number of ether oxygens (including phenoxy) is 3. The Balaban J connectivity index is 1.31. The molecule has 3 aliphatic rings. The summed E-state index contributed by atoms with van der Waals surface area (Å²) in [6.45, 7) is 0. The van der Waals surface area contributed by atoms with Crippen LogP contribution in [0.5, 0.6) is 17.2 Å². The molecule has 1 N–H and O–H groups in total. The first kappa shape index (κ1) is 23.8. The average Bonchev–Trinajstić information content (AvgIpc) is 3.52. The molecule has 0 radical (unpaired) electrons. The Morgan fingerprint density at radius 3 is 2.63 bits per heavy atom. The Hall–Kier alpha value is -4.57. The van der Waals surface area contributed by atoms with E-state index in [9.17, 15) is 14.4 Å². The number of fused-ring (bicyclic) bond motifs is 3. The van der Waals surface area contributed by atoms with Crippen LogP contribution in [0.1, 0.15) is 35.4 Å². The SMILES string of the molecule is COc1cc([C@H]2Oc3ccccc3[C@H]3CC(c4ccccc4)=NN32)ccc1OC(=O)/C=C1\SC(=O)NC1=O. The summed E-state index contributed by atoms with van der Waals surface area (Å²) in [6.07, 6.45) is 1.17. The zero-order chi connectivity index (χ0) is 26.2. The van der Waals surface area contributed by atoms with Gasteiger partial charge in [-0.15, -0.1) is 0 Å². The molecule has 38 heavy (non-hydrogen) atoms. The molecule has 9 nitrogen and oxygen atoms in total. The number of imide groups is 1. The molecule has 1 saturated heterocycles. The van der Waals surface area contributed by atoms with Gasteiger partial charge in [-0.25, -0.2) is 9.80 Å². The molecule has 0 aromatic heterocycles. The number of hydrogen-bond acceptors (Lipinski definition) is 9. The molecule has 3 aliphatic heterocycles. The second-order valence-electron chi connectivity index (χ2n) is 8.70. The second kappa shape index (κ2) is 9.71. The molecule has 2 atom stereocenters. The van der Waals surface area contributed by atoms with E-state index < -0.39 is 23.3 Å². The summed E-state index contributed by atoms with van der Waals surface area (Å²) in [7, 11) is 1.47. The van der Waals surface area contributed by atoms with Crippen molar-refractivity contribution >= 4 is 34.6 Å². The quantitative estimate of drug-likeness (QED) is 0.289. The number of esters is 1. The van der Waals surface area contributed by atoms with Crippen LogP contribution >= 0.6 is 11.8 Å². The Bertz CT molecular complexity index is 1520. The van der Waals surface area contributed by atoms with E-state index in [-0.39, 0.29) is 16.7 Å². The van der Waals surface area contributed by atoms with E-state index in [2.05, 4.69) is 11.4 Å². The molecule has 0 spiro atoms. The number of nitrogens with zero attached hydrogens (tertiary/aromatic N) is 2. The lowest BCUT2D eigenvalue weighted by Gasteiger charge is -2.38. The third-order valence-electron chi connectivity index (χ3n) is 6.38. The number of rotatable bonds is 5. The fraction of sp³-hybridized carbons (Fsp3) is 0.143. The summed E-state index contributed by atoms with van der Waals surface area (Å²) in [5, 5.41) is 8.48. The van der Waals surface area contributed by atoms with Crippen LogP contribution in [-0.4, -0.2) is 34.9 Å². The molecular formula is C28H21N3O6S. The van der Waals surface area contributed by atoms with Crippen molar-refractivity contribution in [2.45, 2.75) is 18.7 Å². The van der Waals surface area contributed by atoms with Crippen molar-refractivity contribution in [2.75, 3.05) is 7.11 Å². The summed E-state index contributed by atoms with van der Waals surface area (Å²) in [5.74, 6) is -0.186. The number of benzene rings is 3. The van der Waals surface area contributed by atoms with Crippen LogP contribution < -0.4 is 19.5 Å². The van der Waals surface area contributed by atoms with Crippen LogP contribution in [0.25, 0.3) is 0 Å². The third kappa shape index (κ3) is 4.39. The third-order valence-corrected chi connectivity index (χ3v) is 7.19. The highest BCUT2D eigenvalue weighted by Gasteiger charge is 2.41. The topological polar surface area (TPSA) is 107 Å². The lowest BCUT2D eigenvalue weighted by molar-refractivity contribution is -0.129. The van der Waals surface area contributed by atoms with Crippen LogP contribution in [0, 0.1) is 0 Å². The molecule has 0 bridgehead atoms. The number of carbonyl (C=O) groups excluding carboxylic acids is 3. The number of thioether (sulfide) groups is 1. The second-order valence-corrected chi connectivity index (χ2v) is 9.72. The maximum atomic E-state index is 12.4. The van der Waals surface area contributed by atoms with Crippen LogP contribution in [0.4, 0.5) is 4.79 Å². The van der Waals surface area contributed by atoms with Crippen molar-refractivity contribution in [3.63, 3.8) is 0 Å². The molecule has 2 amide bonds. The lowest BCUT2D eigenvalue weighted by atomic mass is 9.96. The molecule has 10 heteroatoms. The summed E-state index contributed by atoms with van der Waals surface area (Å²) in [6, 6.07) is 23.1. The van der Waals surface area contributed by atoms with Gasteiger partial charge in [-0.1, -0.05) is 48.5 Å². The molecule has 6 rings (SSSR count). The minimum atomic E-state index is -0.803. The van der Waals surface area contributed by atoms with Gasteiger partial charge < -0.3 is 14.2 Å². The Labute approximate surface area is 222 Å². The highest BCUT2D eigenvalue weighted by molar-refractivity contribution is 8.18. The first-order valence-electron chi connectivity index (χ1n) is 11.8. The van der Waals surface area contributed by atoms with E-state index in [1.54, 1.807) is 18.2 Å². The fourth-order valence-electron chi connectivity index (χ4n) is 4.65. The van der Waals surface area contributed by atoms with Crippen LogP contribution in [0.3, 0.4) is 0 Å². The summed E-state index contributed by atoms with van der Waals surface area (Å²) in [4.78, 5) is 35.5.